The molecule has 0 amide bonds. The van der Waals surface area contributed by atoms with Gasteiger partial charge in [-0.3, -0.25) is 14.4 Å². The highest BCUT2D eigenvalue weighted by atomic mass is 16.6. The molecule has 0 aromatic heterocycles. The van der Waals surface area contributed by atoms with Crippen molar-refractivity contribution in [2.45, 2.75) is 399 Å². The normalized spacial score (nSPS) is 12.3. The zero-order chi connectivity index (χ0) is 58.5. The summed E-state index contributed by atoms with van der Waals surface area (Å²) in [4.78, 5) is 38.3. The molecule has 1 atom stereocenters. The van der Waals surface area contributed by atoms with Crippen LogP contribution in [0.25, 0.3) is 0 Å². The minimum atomic E-state index is -0.786. The van der Waals surface area contributed by atoms with Gasteiger partial charge in [0.15, 0.2) is 6.10 Å². The van der Waals surface area contributed by atoms with E-state index >= 15 is 0 Å². The number of hydrogen-bond donors (Lipinski definition) is 0. The highest BCUT2D eigenvalue weighted by Gasteiger charge is 2.19. The number of hydrogen-bond acceptors (Lipinski definition) is 6. The number of allylic oxidation sites excluding steroid dienone is 8. The van der Waals surface area contributed by atoms with Crippen molar-refractivity contribution >= 4 is 17.9 Å². The van der Waals surface area contributed by atoms with Gasteiger partial charge in [0, 0.05) is 19.3 Å². The third kappa shape index (κ3) is 68.0. The van der Waals surface area contributed by atoms with Crippen molar-refractivity contribution in [3.8, 4) is 0 Å². The molecular formula is C75H138O6. The second kappa shape index (κ2) is 69.9. The number of rotatable bonds is 67. The zero-order valence-corrected chi connectivity index (χ0v) is 54.6. The highest BCUT2D eigenvalue weighted by Crippen LogP contribution is 2.19. The van der Waals surface area contributed by atoms with E-state index in [0.29, 0.717) is 19.3 Å². The zero-order valence-electron chi connectivity index (χ0n) is 54.6. The first-order chi connectivity index (χ1) is 40.0. The van der Waals surface area contributed by atoms with Crippen LogP contribution in [0.3, 0.4) is 0 Å². The van der Waals surface area contributed by atoms with Gasteiger partial charge in [0.1, 0.15) is 13.2 Å². The van der Waals surface area contributed by atoms with Gasteiger partial charge < -0.3 is 14.2 Å². The van der Waals surface area contributed by atoms with E-state index in [-0.39, 0.29) is 31.1 Å². The lowest BCUT2D eigenvalue weighted by Gasteiger charge is -2.18. The van der Waals surface area contributed by atoms with Crippen LogP contribution in [0.5, 0.6) is 0 Å². The maximum Gasteiger partial charge on any atom is 0.306 e. The van der Waals surface area contributed by atoms with Crippen molar-refractivity contribution in [1.82, 2.24) is 0 Å². The second-order valence-electron chi connectivity index (χ2n) is 24.5. The Kier molecular flexibility index (Phi) is 67.6. The van der Waals surface area contributed by atoms with Gasteiger partial charge in [-0.05, 0) is 77.0 Å². The maximum absolute atomic E-state index is 12.9. The van der Waals surface area contributed by atoms with E-state index in [4.69, 9.17) is 14.2 Å². The summed E-state index contributed by atoms with van der Waals surface area (Å²) in [5.41, 5.74) is 0. The summed E-state index contributed by atoms with van der Waals surface area (Å²) >= 11 is 0. The van der Waals surface area contributed by atoms with E-state index in [2.05, 4.69) is 69.4 Å². The molecule has 0 spiro atoms. The Morgan fingerprint density at radius 3 is 0.741 bits per heavy atom. The van der Waals surface area contributed by atoms with Gasteiger partial charge in [-0.15, -0.1) is 0 Å². The van der Waals surface area contributed by atoms with Gasteiger partial charge in [0.25, 0.3) is 0 Å². The number of carbonyl (C=O) groups excluding carboxylic acids is 3. The van der Waals surface area contributed by atoms with Crippen molar-refractivity contribution < 1.29 is 28.6 Å². The van der Waals surface area contributed by atoms with Crippen LogP contribution in [-0.2, 0) is 28.6 Å². The summed E-state index contributed by atoms with van der Waals surface area (Å²) in [6.07, 6.45) is 88.9. The van der Waals surface area contributed by atoms with Gasteiger partial charge in [-0.25, -0.2) is 0 Å². The van der Waals surface area contributed by atoms with Crippen LogP contribution in [0.2, 0.25) is 0 Å². The first-order valence-electron chi connectivity index (χ1n) is 36.1. The monoisotopic (exact) mass is 1140 g/mol. The number of ether oxygens (including phenoxy) is 3. The largest absolute Gasteiger partial charge is 0.462 e. The molecule has 0 aliphatic carbocycles. The molecule has 6 nitrogen and oxygen atoms in total. The van der Waals surface area contributed by atoms with Gasteiger partial charge in [-0.1, -0.05) is 345 Å². The topological polar surface area (TPSA) is 78.9 Å². The van der Waals surface area contributed by atoms with Crippen LogP contribution in [0.1, 0.15) is 393 Å². The summed E-state index contributed by atoms with van der Waals surface area (Å²) in [7, 11) is 0. The molecule has 0 aliphatic heterocycles. The second-order valence-corrected chi connectivity index (χ2v) is 24.5. The fourth-order valence-electron chi connectivity index (χ4n) is 10.9. The average molecular weight is 1140 g/mol. The first kappa shape index (κ1) is 78.4. The van der Waals surface area contributed by atoms with Crippen LogP contribution in [0, 0.1) is 0 Å². The fraction of sp³-hybridized carbons (Fsp3) is 0.853. The Hall–Kier alpha value is -2.63. The molecule has 0 N–H and O–H groups in total. The van der Waals surface area contributed by atoms with Gasteiger partial charge in [0.05, 0.1) is 0 Å². The molecule has 0 rings (SSSR count). The molecule has 0 aliphatic rings. The molecule has 0 bridgehead atoms. The standard InChI is InChI=1S/C75H138O6/c1-4-7-10-13-16-19-22-25-27-29-30-31-32-33-34-35-36-37-38-39-40-41-42-43-44-45-46-48-50-53-56-59-62-65-68-74(77)80-71-72(70-79-73(76)67-64-61-58-55-52-49-24-21-18-15-12-9-6-3)81-75(78)69-66-63-60-57-54-51-47-28-26-23-20-17-14-11-8-5-2/h12,15,20-21,23-24,28,47,72H,4-11,13-14,16-19,22,25-27,29-46,48-71H2,1-3H3/b15-12-,23-20-,24-21-,47-28-. The molecule has 81 heavy (non-hydrogen) atoms. The lowest BCUT2D eigenvalue weighted by atomic mass is 10.0. The van der Waals surface area contributed by atoms with Crippen molar-refractivity contribution in [2.24, 2.45) is 0 Å². The molecule has 6 heteroatoms. The Labute approximate surface area is 505 Å². The van der Waals surface area contributed by atoms with E-state index in [9.17, 15) is 14.4 Å². The lowest BCUT2D eigenvalue weighted by molar-refractivity contribution is -0.167. The number of unbranched alkanes of at least 4 members (excludes halogenated alkanes) is 48. The Morgan fingerprint density at radius 2 is 0.469 bits per heavy atom. The van der Waals surface area contributed by atoms with E-state index < -0.39 is 6.10 Å². The maximum atomic E-state index is 12.9. The van der Waals surface area contributed by atoms with Crippen LogP contribution < -0.4 is 0 Å². The third-order valence-corrected chi connectivity index (χ3v) is 16.3. The molecule has 474 valence electrons. The predicted molar refractivity (Wildman–Crippen MR) is 353 cm³/mol. The van der Waals surface area contributed by atoms with Crippen LogP contribution in [0.4, 0.5) is 0 Å². The molecule has 0 fully saturated rings. The summed E-state index contributed by atoms with van der Waals surface area (Å²) < 4.78 is 16.9. The van der Waals surface area contributed by atoms with Crippen LogP contribution in [-0.4, -0.2) is 37.2 Å². The fourth-order valence-corrected chi connectivity index (χ4v) is 10.9. The summed E-state index contributed by atoms with van der Waals surface area (Å²) in [6, 6.07) is 0. The summed E-state index contributed by atoms with van der Waals surface area (Å²) in [6.45, 7) is 6.59. The Balaban J connectivity index is 4.08. The smallest absolute Gasteiger partial charge is 0.306 e. The molecule has 0 aromatic carbocycles. The van der Waals surface area contributed by atoms with Crippen molar-refractivity contribution in [3.05, 3.63) is 48.6 Å². The number of carbonyl (C=O) groups is 3. The first-order valence-corrected chi connectivity index (χ1v) is 36.1. The van der Waals surface area contributed by atoms with Crippen molar-refractivity contribution in [1.29, 1.82) is 0 Å². The highest BCUT2D eigenvalue weighted by molar-refractivity contribution is 5.71. The minimum absolute atomic E-state index is 0.0801. The molecule has 0 radical (unpaired) electrons. The molecule has 0 heterocycles. The summed E-state index contributed by atoms with van der Waals surface area (Å²) in [5, 5.41) is 0. The Morgan fingerprint density at radius 1 is 0.247 bits per heavy atom. The van der Waals surface area contributed by atoms with E-state index in [1.165, 1.54) is 244 Å². The molecule has 1 unspecified atom stereocenters. The molecule has 0 aromatic rings. The van der Waals surface area contributed by atoms with Crippen molar-refractivity contribution in [3.63, 3.8) is 0 Å². The average Bonchev–Trinajstić information content (AvgIpc) is 3.46. The van der Waals surface area contributed by atoms with E-state index in [0.717, 1.165) is 109 Å². The van der Waals surface area contributed by atoms with E-state index in [1.54, 1.807) is 0 Å². The van der Waals surface area contributed by atoms with Gasteiger partial charge >= 0.3 is 17.9 Å². The molecule has 0 saturated heterocycles. The minimum Gasteiger partial charge on any atom is -0.462 e. The van der Waals surface area contributed by atoms with Gasteiger partial charge in [0.2, 0.25) is 0 Å². The summed E-state index contributed by atoms with van der Waals surface area (Å²) in [5.74, 6) is -0.887. The quantitative estimate of drug-likeness (QED) is 0.0261. The molecular weight excluding hydrogens is 997 g/mol. The SMILES string of the molecule is CCC/C=C\C/C=C\CCCCCCCC(=O)OCC(COC(=O)CCCCCCCCCCCCCCCCCCCCCCCCCCCCCCCCCCCC)OC(=O)CCCCCCC/C=C\C/C=C\CCCCCC. The van der Waals surface area contributed by atoms with Crippen LogP contribution >= 0.6 is 0 Å². The molecule has 0 saturated carbocycles. The lowest BCUT2D eigenvalue weighted by Crippen LogP contribution is -2.30. The van der Waals surface area contributed by atoms with Gasteiger partial charge in [-0.2, -0.15) is 0 Å². The Bertz CT molecular complexity index is 1400. The third-order valence-electron chi connectivity index (χ3n) is 16.3. The van der Waals surface area contributed by atoms with E-state index in [1.807, 2.05) is 0 Å². The number of esters is 3. The van der Waals surface area contributed by atoms with Crippen molar-refractivity contribution in [2.75, 3.05) is 13.2 Å². The predicted octanol–water partition coefficient (Wildman–Crippen LogP) is 24.9. The van der Waals surface area contributed by atoms with Crippen LogP contribution in [0.15, 0.2) is 48.6 Å².